The van der Waals surface area contributed by atoms with Crippen LogP contribution in [0.25, 0.3) is 11.1 Å². The minimum Gasteiger partial charge on any atom is -0.431 e. The average molecular weight is 484 g/mol. The summed E-state index contributed by atoms with van der Waals surface area (Å²) in [5.41, 5.74) is 3.16. The number of nitrogens with zero attached hydrogens (tertiary/aromatic N) is 3. The van der Waals surface area contributed by atoms with Crippen molar-refractivity contribution < 1.29 is 17.6 Å². The van der Waals surface area contributed by atoms with Gasteiger partial charge in [0.15, 0.2) is 5.58 Å². The van der Waals surface area contributed by atoms with E-state index in [9.17, 15) is 13.2 Å². The molecule has 0 aliphatic carbocycles. The quantitative estimate of drug-likeness (QED) is 0.375. The maximum Gasteiger partial charge on any atom is 0.264 e. The fourth-order valence-electron chi connectivity index (χ4n) is 3.02. The lowest BCUT2D eigenvalue weighted by Crippen LogP contribution is -2.22. The van der Waals surface area contributed by atoms with E-state index in [2.05, 4.69) is 25.0 Å². The van der Waals surface area contributed by atoms with E-state index in [0.29, 0.717) is 27.9 Å². The minimum absolute atomic E-state index is 0.00919. The fourth-order valence-corrected chi connectivity index (χ4v) is 4.72. The molecular formula is C22H21N5O4S2. The number of benzene rings is 2. The van der Waals surface area contributed by atoms with Crippen LogP contribution in [-0.4, -0.2) is 34.5 Å². The largest absolute Gasteiger partial charge is 0.431 e. The second kappa shape index (κ2) is 9.20. The number of rotatable bonds is 7. The Hall–Kier alpha value is -3.44. The van der Waals surface area contributed by atoms with Crippen LogP contribution in [0.15, 0.2) is 69.1 Å². The molecule has 0 bridgehead atoms. The van der Waals surface area contributed by atoms with E-state index in [4.69, 9.17) is 4.42 Å². The Bertz CT molecular complexity index is 1370. The van der Waals surface area contributed by atoms with Crippen LogP contribution in [0.4, 0.5) is 11.6 Å². The van der Waals surface area contributed by atoms with Crippen molar-refractivity contribution in [2.24, 2.45) is 0 Å². The maximum absolute atomic E-state index is 12.6. The van der Waals surface area contributed by atoms with Crippen LogP contribution in [0.2, 0.25) is 0 Å². The predicted octanol–water partition coefficient (Wildman–Crippen LogP) is 4.15. The number of aromatic nitrogens is 3. The molecule has 2 aromatic carbocycles. The summed E-state index contributed by atoms with van der Waals surface area (Å²) in [5.74, 6) is -0.255. The number of nitrogens with one attached hydrogen (secondary N) is 2. The Morgan fingerprint density at radius 3 is 2.33 bits per heavy atom. The molecular weight excluding hydrogens is 462 g/mol. The van der Waals surface area contributed by atoms with E-state index in [1.165, 1.54) is 36.0 Å². The first-order chi connectivity index (χ1) is 15.7. The first-order valence-electron chi connectivity index (χ1n) is 9.98. The van der Waals surface area contributed by atoms with Gasteiger partial charge in [-0.3, -0.25) is 4.79 Å². The van der Waals surface area contributed by atoms with Gasteiger partial charge in [0.25, 0.3) is 15.2 Å². The molecule has 0 aliphatic heterocycles. The fraction of sp³-hybridized carbons (Fsp3) is 0.182. The zero-order valence-electron chi connectivity index (χ0n) is 18.1. The summed E-state index contributed by atoms with van der Waals surface area (Å²) in [5, 5.41) is 2.69. The number of oxazole rings is 1. The number of carbonyl (C=O) groups is 1. The number of hydrogen-bond donors (Lipinski definition) is 2. The third-order valence-electron chi connectivity index (χ3n) is 4.56. The number of aryl methyl sites for hydroxylation is 2. The van der Waals surface area contributed by atoms with Gasteiger partial charge in [-0.2, -0.15) is 0 Å². The van der Waals surface area contributed by atoms with Gasteiger partial charge in [-0.25, -0.2) is 28.1 Å². The number of sulfonamides is 1. The van der Waals surface area contributed by atoms with E-state index >= 15 is 0 Å². The van der Waals surface area contributed by atoms with E-state index in [0.717, 1.165) is 5.52 Å². The lowest BCUT2D eigenvalue weighted by molar-refractivity contribution is -0.115. The van der Waals surface area contributed by atoms with Crippen molar-refractivity contribution in [3.05, 3.63) is 66.0 Å². The van der Waals surface area contributed by atoms with E-state index < -0.39 is 15.3 Å². The molecule has 0 saturated carbocycles. The van der Waals surface area contributed by atoms with Gasteiger partial charge in [0, 0.05) is 17.1 Å². The summed E-state index contributed by atoms with van der Waals surface area (Å²) in [6.45, 7) is 5.25. The molecule has 0 radical (unpaired) electrons. The van der Waals surface area contributed by atoms with Gasteiger partial charge < -0.3 is 9.73 Å². The smallest absolute Gasteiger partial charge is 0.264 e. The molecule has 4 rings (SSSR count). The molecule has 0 spiro atoms. The van der Waals surface area contributed by atoms with E-state index in [-0.39, 0.29) is 16.8 Å². The number of hydrogen-bond acceptors (Lipinski definition) is 8. The second-order valence-electron chi connectivity index (χ2n) is 7.30. The van der Waals surface area contributed by atoms with Crippen LogP contribution in [-0.2, 0) is 14.8 Å². The van der Waals surface area contributed by atoms with Crippen molar-refractivity contribution in [3.63, 3.8) is 0 Å². The first-order valence-corrected chi connectivity index (χ1v) is 12.3. The normalized spacial score (nSPS) is 12.5. The van der Waals surface area contributed by atoms with Crippen LogP contribution >= 0.6 is 11.8 Å². The highest BCUT2D eigenvalue weighted by molar-refractivity contribution is 8.00. The monoisotopic (exact) mass is 483 g/mol. The molecule has 11 heteroatoms. The van der Waals surface area contributed by atoms with Crippen LogP contribution in [0.3, 0.4) is 0 Å². The van der Waals surface area contributed by atoms with Gasteiger partial charge in [0.1, 0.15) is 5.52 Å². The lowest BCUT2D eigenvalue weighted by Gasteiger charge is -2.11. The van der Waals surface area contributed by atoms with Crippen LogP contribution in [0.5, 0.6) is 0 Å². The van der Waals surface area contributed by atoms with Gasteiger partial charge in [0.2, 0.25) is 11.9 Å². The average Bonchev–Trinajstić information content (AvgIpc) is 3.15. The van der Waals surface area contributed by atoms with Gasteiger partial charge in [-0.15, -0.1) is 0 Å². The summed E-state index contributed by atoms with van der Waals surface area (Å²) in [4.78, 5) is 25.1. The van der Waals surface area contributed by atoms with Crippen LogP contribution in [0.1, 0.15) is 18.3 Å². The number of anilines is 2. The minimum atomic E-state index is -3.87. The number of amides is 1. The Morgan fingerprint density at radius 2 is 1.67 bits per heavy atom. The number of carbonyl (C=O) groups excluding carboxylic acids is 1. The zero-order chi connectivity index (χ0) is 23.6. The molecule has 0 aliphatic rings. The molecule has 170 valence electrons. The predicted molar refractivity (Wildman–Crippen MR) is 127 cm³/mol. The second-order valence-corrected chi connectivity index (χ2v) is 10.3. The molecule has 2 heterocycles. The van der Waals surface area contributed by atoms with Gasteiger partial charge >= 0.3 is 0 Å². The summed E-state index contributed by atoms with van der Waals surface area (Å²) >= 11 is 1.20. The van der Waals surface area contributed by atoms with Gasteiger partial charge in [0.05, 0.1) is 10.1 Å². The van der Waals surface area contributed by atoms with Crippen molar-refractivity contribution >= 4 is 50.4 Å². The third-order valence-corrected chi connectivity index (χ3v) is 6.85. The number of thioether (sulfide) groups is 1. The topological polar surface area (TPSA) is 127 Å². The Kier molecular flexibility index (Phi) is 6.34. The molecule has 0 fully saturated rings. The molecule has 1 amide bonds. The van der Waals surface area contributed by atoms with Crippen LogP contribution < -0.4 is 10.0 Å². The summed E-state index contributed by atoms with van der Waals surface area (Å²) in [6, 6.07) is 15.0. The van der Waals surface area contributed by atoms with Crippen molar-refractivity contribution in [3.8, 4) is 0 Å². The Morgan fingerprint density at radius 1 is 1.00 bits per heavy atom. The zero-order valence-corrected chi connectivity index (χ0v) is 19.7. The highest BCUT2D eigenvalue weighted by atomic mass is 32.2. The Balaban J connectivity index is 1.40. The highest BCUT2D eigenvalue weighted by Crippen LogP contribution is 2.27. The van der Waals surface area contributed by atoms with Crippen molar-refractivity contribution in [1.29, 1.82) is 0 Å². The van der Waals surface area contributed by atoms with Gasteiger partial charge in [-0.1, -0.05) is 23.9 Å². The number of para-hydroxylation sites is 2. The van der Waals surface area contributed by atoms with E-state index in [1.54, 1.807) is 26.8 Å². The van der Waals surface area contributed by atoms with Gasteiger partial charge in [-0.05, 0) is 63.2 Å². The summed E-state index contributed by atoms with van der Waals surface area (Å²) in [6.07, 6.45) is 0. The molecule has 0 saturated heterocycles. The Labute approximate surface area is 195 Å². The number of fused-ring (bicyclic) bond motifs is 1. The highest BCUT2D eigenvalue weighted by Gasteiger charge is 2.20. The first kappa shape index (κ1) is 22.7. The van der Waals surface area contributed by atoms with Crippen molar-refractivity contribution in [2.75, 3.05) is 10.0 Å². The molecule has 4 aromatic rings. The molecule has 9 nitrogen and oxygen atoms in total. The molecule has 1 unspecified atom stereocenters. The van der Waals surface area contributed by atoms with E-state index in [1.807, 2.05) is 24.3 Å². The standard InChI is InChI=1S/C22H21N5O4S2/c1-13-12-14(2)24-21(23-13)27-33(29,30)17-10-8-16(9-11-17)25-20(28)15(3)32-22-26-18-6-4-5-7-19(18)31-22/h4-12,15H,1-3H3,(H,25,28)(H,23,24,27). The maximum atomic E-state index is 12.6. The molecule has 2 aromatic heterocycles. The van der Waals surface area contributed by atoms with Crippen molar-refractivity contribution in [2.45, 2.75) is 36.1 Å². The summed E-state index contributed by atoms with van der Waals surface area (Å²) in [7, 11) is -3.87. The molecule has 33 heavy (non-hydrogen) atoms. The molecule has 1 atom stereocenters. The van der Waals surface area contributed by atoms with Crippen LogP contribution in [0, 0.1) is 13.8 Å². The molecule has 2 N–H and O–H groups in total. The SMILES string of the molecule is Cc1cc(C)nc(NS(=O)(=O)c2ccc(NC(=O)C(C)Sc3nc4ccccc4o3)cc2)n1. The summed E-state index contributed by atoms with van der Waals surface area (Å²) < 4.78 is 33.3. The van der Waals surface area contributed by atoms with Crippen molar-refractivity contribution in [1.82, 2.24) is 15.0 Å². The third kappa shape index (κ3) is 5.49. The lowest BCUT2D eigenvalue weighted by atomic mass is 10.3.